The molecule has 1 rings (SSSR count). The topological polar surface area (TPSA) is 62.5 Å². The molecule has 0 unspecified atom stereocenters. The average Bonchev–Trinajstić information content (AvgIpc) is 2.62. The Morgan fingerprint density at radius 2 is 2.06 bits per heavy atom. The van der Waals surface area contributed by atoms with Crippen molar-refractivity contribution in [1.82, 2.24) is 8.87 Å². The van der Waals surface area contributed by atoms with E-state index < -0.39 is 10.0 Å². The second kappa shape index (κ2) is 4.99. The Morgan fingerprint density at radius 3 is 2.50 bits per heavy atom. The van der Waals surface area contributed by atoms with Gasteiger partial charge < -0.3 is 9.67 Å². The predicted octanol–water partition coefficient (Wildman–Crippen LogP) is 0.641. The molecule has 1 aromatic rings. The summed E-state index contributed by atoms with van der Waals surface area (Å²) in [6.45, 7) is 2.56. The maximum Gasteiger partial charge on any atom is 0.244 e. The molecule has 0 aromatic carbocycles. The minimum Gasteiger partial charge on any atom is -0.390 e. The summed E-state index contributed by atoms with van der Waals surface area (Å²) in [5.41, 5.74) is 0.627. The highest BCUT2D eigenvalue weighted by Crippen LogP contribution is 2.17. The fourth-order valence-corrected chi connectivity index (χ4v) is 2.43. The van der Waals surface area contributed by atoms with Crippen molar-refractivity contribution >= 4 is 10.0 Å². The van der Waals surface area contributed by atoms with Crippen LogP contribution in [0.4, 0.5) is 0 Å². The lowest BCUT2D eigenvalue weighted by molar-refractivity contribution is 0.270. The number of aromatic nitrogens is 1. The van der Waals surface area contributed by atoms with Crippen LogP contribution < -0.4 is 0 Å². The molecule has 92 valence electrons. The van der Waals surface area contributed by atoms with Crippen molar-refractivity contribution in [3.8, 4) is 0 Å². The zero-order chi connectivity index (χ0) is 12.3. The second-order valence-corrected chi connectivity index (χ2v) is 5.96. The van der Waals surface area contributed by atoms with Crippen LogP contribution in [-0.4, -0.2) is 36.5 Å². The molecule has 0 aliphatic carbocycles. The van der Waals surface area contributed by atoms with E-state index in [1.165, 1.54) is 24.5 Å². The number of rotatable bonds is 5. The van der Waals surface area contributed by atoms with Crippen molar-refractivity contribution in [1.29, 1.82) is 0 Å². The van der Waals surface area contributed by atoms with Crippen LogP contribution in [-0.2, 0) is 23.2 Å². The first kappa shape index (κ1) is 13.2. The normalized spacial score (nSPS) is 12.3. The smallest absolute Gasteiger partial charge is 0.244 e. The Labute approximate surface area is 96.4 Å². The van der Waals surface area contributed by atoms with Crippen LogP contribution in [0.2, 0.25) is 0 Å². The summed E-state index contributed by atoms with van der Waals surface area (Å²) in [6, 6.07) is 1.52. The summed E-state index contributed by atoms with van der Waals surface area (Å²) < 4.78 is 26.6. The molecule has 1 heterocycles. The summed E-state index contributed by atoms with van der Waals surface area (Å²) in [5.74, 6) is 0. The molecule has 0 saturated heterocycles. The minimum absolute atomic E-state index is 0.150. The lowest BCUT2D eigenvalue weighted by atomic mass is 10.4. The Kier molecular flexibility index (Phi) is 4.12. The van der Waals surface area contributed by atoms with Gasteiger partial charge in [-0.3, -0.25) is 0 Å². The van der Waals surface area contributed by atoms with Crippen molar-refractivity contribution < 1.29 is 13.5 Å². The van der Waals surface area contributed by atoms with Crippen LogP contribution >= 0.6 is 0 Å². The number of hydrogen-bond donors (Lipinski definition) is 1. The number of aliphatic hydroxyl groups excluding tert-OH is 1. The molecule has 0 aliphatic heterocycles. The lowest BCUT2D eigenvalue weighted by Gasteiger charge is -2.08. The lowest BCUT2D eigenvalue weighted by Crippen LogP contribution is -2.21. The third kappa shape index (κ3) is 2.45. The van der Waals surface area contributed by atoms with E-state index in [0.717, 1.165) is 6.42 Å². The molecule has 0 aliphatic rings. The van der Waals surface area contributed by atoms with E-state index in [2.05, 4.69) is 0 Å². The SMILES string of the molecule is CCCn1cc(S(=O)(=O)N(C)C)cc1CO. The van der Waals surface area contributed by atoms with E-state index in [4.69, 9.17) is 5.11 Å². The fourth-order valence-electron chi connectivity index (χ4n) is 1.46. The number of aliphatic hydroxyl groups is 1. The van der Waals surface area contributed by atoms with Crippen molar-refractivity contribution in [3.05, 3.63) is 18.0 Å². The van der Waals surface area contributed by atoms with E-state index in [0.29, 0.717) is 12.2 Å². The van der Waals surface area contributed by atoms with E-state index in [-0.39, 0.29) is 11.5 Å². The van der Waals surface area contributed by atoms with Gasteiger partial charge in [-0.05, 0) is 12.5 Å². The van der Waals surface area contributed by atoms with Gasteiger partial charge in [0.15, 0.2) is 0 Å². The molecule has 0 saturated carbocycles. The average molecular weight is 246 g/mol. The van der Waals surface area contributed by atoms with Crippen LogP contribution in [0.25, 0.3) is 0 Å². The predicted molar refractivity (Wildman–Crippen MR) is 61.5 cm³/mol. The zero-order valence-corrected chi connectivity index (χ0v) is 10.7. The molecule has 6 heteroatoms. The first-order valence-corrected chi connectivity index (χ1v) is 6.60. The van der Waals surface area contributed by atoms with Gasteiger partial charge in [0.1, 0.15) is 4.90 Å². The van der Waals surface area contributed by atoms with Crippen molar-refractivity contribution in [2.45, 2.75) is 31.4 Å². The number of nitrogens with zero attached hydrogens (tertiary/aromatic N) is 2. The number of sulfonamides is 1. The Morgan fingerprint density at radius 1 is 1.44 bits per heavy atom. The van der Waals surface area contributed by atoms with Crippen LogP contribution in [0.3, 0.4) is 0 Å². The van der Waals surface area contributed by atoms with Gasteiger partial charge >= 0.3 is 0 Å². The van der Waals surface area contributed by atoms with Gasteiger partial charge in [-0.1, -0.05) is 6.92 Å². The Balaban J connectivity index is 3.18. The fraction of sp³-hybridized carbons (Fsp3) is 0.600. The van der Waals surface area contributed by atoms with E-state index >= 15 is 0 Å². The first-order valence-electron chi connectivity index (χ1n) is 5.16. The van der Waals surface area contributed by atoms with Gasteiger partial charge in [-0.25, -0.2) is 12.7 Å². The standard InChI is InChI=1S/C10H18N2O3S/c1-4-5-12-7-10(6-9(12)8-13)16(14,15)11(2)3/h6-7,13H,4-5,8H2,1-3H3. The molecular weight excluding hydrogens is 228 g/mol. The molecule has 0 amide bonds. The zero-order valence-electron chi connectivity index (χ0n) is 9.84. The highest BCUT2D eigenvalue weighted by molar-refractivity contribution is 7.89. The largest absolute Gasteiger partial charge is 0.390 e. The Hall–Kier alpha value is -0.850. The molecule has 16 heavy (non-hydrogen) atoms. The van der Waals surface area contributed by atoms with E-state index in [1.54, 1.807) is 10.8 Å². The molecule has 0 radical (unpaired) electrons. The van der Waals surface area contributed by atoms with Gasteiger partial charge in [0.2, 0.25) is 10.0 Å². The van der Waals surface area contributed by atoms with Crippen molar-refractivity contribution in [2.24, 2.45) is 0 Å². The first-order chi connectivity index (χ1) is 7.43. The van der Waals surface area contributed by atoms with Gasteiger partial charge in [0.25, 0.3) is 0 Å². The molecule has 0 atom stereocenters. The molecule has 0 spiro atoms. The highest BCUT2D eigenvalue weighted by Gasteiger charge is 2.20. The third-order valence-electron chi connectivity index (χ3n) is 2.37. The minimum atomic E-state index is -3.41. The highest BCUT2D eigenvalue weighted by atomic mass is 32.2. The van der Waals surface area contributed by atoms with Crippen LogP contribution in [0.1, 0.15) is 19.0 Å². The summed E-state index contributed by atoms with van der Waals surface area (Å²) in [4.78, 5) is 0.231. The van der Waals surface area contributed by atoms with Crippen LogP contribution in [0, 0.1) is 0 Å². The molecule has 1 N–H and O–H groups in total. The third-order valence-corrected chi connectivity index (χ3v) is 4.15. The van der Waals surface area contributed by atoms with Gasteiger partial charge in [-0.15, -0.1) is 0 Å². The summed E-state index contributed by atoms with van der Waals surface area (Å²) in [7, 11) is -0.423. The molecule has 0 bridgehead atoms. The van der Waals surface area contributed by atoms with E-state index in [9.17, 15) is 8.42 Å². The number of aryl methyl sites for hydroxylation is 1. The van der Waals surface area contributed by atoms with Crippen molar-refractivity contribution in [3.63, 3.8) is 0 Å². The van der Waals surface area contributed by atoms with Gasteiger partial charge in [-0.2, -0.15) is 0 Å². The molecule has 0 fully saturated rings. The maximum atomic E-state index is 11.8. The summed E-state index contributed by atoms with van der Waals surface area (Å²) >= 11 is 0. The maximum absolute atomic E-state index is 11.8. The Bertz CT molecular complexity index is 449. The molecule has 1 aromatic heterocycles. The van der Waals surface area contributed by atoms with Crippen LogP contribution in [0.5, 0.6) is 0 Å². The molecular formula is C10H18N2O3S. The number of hydrogen-bond acceptors (Lipinski definition) is 3. The monoisotopic (exact) mass is 246 g/mol. The summed E-state index contributed by atoms with van der Waals surface area (Å²) in [6.07, 6.45) is 2.47. The van der Waals surface area contributed by atoms with Crippen LogP contribution in [0.15, 0.2) is 17.2 Å². The van der Waals surface area contributed by atoms with E-state index in [1.807, 2.05) is 6.92 Å². The molecule has 5 nitrogen and oxygen atoms in total. The quantitative estimate of drug-likeness (QED) is 0.829. The second-order valence-electron chi connectivity index (χ2n) is 3.81. The van der Waals surface area contributed by atoms with Crippen molar-refractivity contribution in [2.75, 3.05) is 14.1 Å². The van der Waals surface area contributed by atoms with Gasteiger partial charge in [0.05, 0.1) is 6.61 Å². The summed E-state index contributed by atoms with van der Waals surface area (Å²) in [5, 5.41) is 9.13. The van der Waals surface area contributed by atoms with Gasteiger partial charge in [0, 0.05) is 32.5 Å².